The number of hydrogen-bond donors (Lipinski definition) is 3. The SMILES string of the molecule is Cc1ccc(C2NC(c3ccc(Cl)cc3)=CC(c3ccccc3O)N2)cc1. The lowest BCUT2D eigenvalue weighted by molar-refractivity contribution is 0.419. The molecule has 1 aliphatic heterocycles. The van der Waals surface area contributed by atoms with Crippen molar-refractivity contribution in [2.45, 2.75) is 19.1 Å². The van der Waals surface area contributed by atoms with Gasteiger partial charge in [0.2, 0.25) is 0 Å². The summed E-state index contributed by atoms with van der Waals surface area (Å²) in [6.07, 6.45) is 2.02. The topological polar surface area (TPSA) is 44.3 Å². The Hall–Kier alpha value is -2.75. The molecule has 4 heteroatoms. The zero-order chi connectivity index (χ0) is 18.8. The van der Waals surface area contributed by atoms with E-state index in [-0.39, 0.29) is 18.0 Å². The van der Waals surface area contributed by atoms with Crippen LogP contribution in [0.3, 0.4) is 0 Å². The number of aromatic hydroxyl groups is 1. The summed E-state index contributed by atoms with van der Waals surface area (Å²) < 4.78 is 0. The maximum atomic E-state index is 10.3. The molecule has 1 aliphatic rings. The third-order valence-corrected chi connectivity index (χ3v) is 5.07. The van der Waals surface area contributed by atoms with E-state index in [1.807, 2.05) is 42.5 Å². The molecule has 0 aliphatic carbocycles. The first-order chi connectivity index (χ1) is 13.1. The van der Waals surface area contributed by atoms with Crippen LogP contribution in [-0.4, -0.2) is 5.11 Å². The van der Waals surface area contributed by atoms with Crippen LogP contribution in [0, 0.1) is 6.92 Å². The summed E-state index contributed by atoms with van der Waals surface area (Å²) in [7, 11) is 0. The fourth-order valence-electron chi connectivity index (χ4n) is 3.32. The van der Waals surface area contributed by atoms with E-state index >= 15 is 0 Å². The van der Waals surface area contributed by atoms with Gasteiger partial charge in [0.1, 0.15) is 11.9 Å². The van der Waals surface area contributed by atoms with Crippen LogP contribution >= 0.6 is 11.6 Å². The number of rotatable bonds is 3. The lowest BCUT2D eigenvalue weighted by atomic mass is 9.97. The molecule has 2 atom stereocenters. The van der Waals surface area contributed by atoms with Crippen LogP contribution in [0.5, 0.6) is 5.75 Å². The summed E-state index contributed by atoms with van der Waals surface area (Å²) in [6, 6.07) is 23.5. The highest BCUT2D eigenvalue weighted by atomic mass is 35.5. The van der Waals surface area contributed by atoms with Crippen molar-refractivity contribution in [3.63, 3.8) is 0 Å². The monoisotopic (exact) mass is 376 g/mol. The first-order valence-corrected chi connectivity index (χ1v) is 9.33. The molecular formula is C23H21ClN2O. The van der Waals surface area contributed by atoms with E-state index < -0.39 is 0 Å². The average molecular weight is 377 g/mol. The summed E-state index contributed by atoms with van der Waals surface area (Å²) in [5.74, 6) is 0.284. The third-order valence-electron chi connectivity index (χ3n) is 4.82. The van der Waals surface area contributed by atoms with Gasteiger partial charge in [-0.25, -0.2) is 0 Å². The van der Waals surface area contributed by atoms with Crippen molar-refractivity contribution in [2.75, 3.05) is 0 Å². The molecule has 2 unspecified atom stereocenters. The fraction of sp³-hybridized carbons (Fsp3) is 0.130. The summed E-state index contributed by atoms with van der Waals surface area (Å²) in [5, 5.41) is 18.2. The molecule has 3 N–H and O–H groups in total. The molecule has 3 nitrogen and oxygen atoms in total. The molecule has 4 rings (SSSR count). The molecule has 0 bridgehead atoms. The maximum absolute atomic E-state index is 10.3. The van der Waals surface area contributed by atoms with E-state index in [1.165, 1.54) is 5.56 Å². The zero-order valence-corrected chi connectivity index (χ0v) is 15.7. The van der Waals surface area contributed by atoms with Crippen molar-refractivity contribution >= 4 is 17.3 Å². The van der Waals surface area contributed by atoms with Gasteiger partial charge < -0.3 is 10.4 Å². The Kier molecular flexibility index (Phi) is 4.88. The summed E-state index contributed by atoms with van der Waals surface area (Å²) in [6.45, 7) is 2.08. The fourth-order valence-corrected chi connectivity index (χ4v) is 3.44. The van der Waals surface area contributed by atoms with Crippen molar-refractivity contribution in [2.24, 2.45) is 0 Å². The van der Waals surface area contributed by atoms with Crippen LogP contribution in [0.25, 0.3) is 5.70 Å². The smallest absolute Gasteiger partial charge is 0.120 e. The first-order valence-electron chi connectivity index (χ1n) is 8.95. The third kappa shape index (κ3) is 3.85. The number of hydrogen-bond acceptors (Lipinski definition) is 3. The molecule has 0 aromatic heterocycles. The highest BCUT2D eigenvalue weighted by Gasteiger charge is 2.25. The second-order valence-corrected chi connectivity index (χ2v) is 7.21. The Balaban J connectivity index is 1.75. The Labute approximate surface area is 164 Å². The second-order valence-electron chi connectivity index (χ2n) is 6.78. The van der Waals surface area contributed by atoms with Gasteiger partial charge in [-0.05, 0) is 42.3 Å². The van der Waals surface area contributed by atoms with Gasteiger partial charge in [0.25, 0.3) is 0 Å². The Morgan fingerprint density at radius 2 is 1.59 bits per heavy atom. The van der Waals surface area contributed by atoms with Crippen molar-refractivity contribution in [1.82, 2.24) is 10.6 Å². The lowest BCUT2D eigenvalue weighted by Gasteiger charge is -2.33. The van der Waals surface area contributed by atoms with Gasteiger partial charge in [0, 0.05) is 16.3 Å². The van der Waals surface area contributed by atoms with E-state index in [4.69, 9.17) is 11.6 Å². The minimum atomic E-state index is -0.121. The van der Waals surface area contributed by atoms with Gasteiger partial charge in [-0.15, -0.1) is 0 Å². The minimum Gasteiger partial charge on any atom is -0.508 e. The van der Waals surface area contributed by atoms with Crippen LogP contribution in [0.4, 0.5) is 0 Å². The number of para-hydroxylation sites is 1. The molecule has 3 aromatic carbocycles. The Morgan fingerprint density at radius 3 is 2.30 bits per heavy atom. The first kappa shape index (κ1) is 17.7. The zero-order valence-electron chi connectivity index (χ0n) is 15.0. The molecule has 3 aromatic rings. The second kappa shape index (κ2) is 7.47. The lowest BCUT2D eigenvalue weighted by Crippen LogP contribution is -2.39. The molecular weight excluding hydrogens is 356 g/mol. The van der Waals surface area contributed by atoms with Gasteiger partial charge in [-0.1, -0.05) is 71.8 Å². The van der Waals surface area contributed by atoms with Gasteiger partial charge in [0.05, 0.1) is 6.04 Å². The number of halogens is 1. The van der Waals surface area contributed by atoms with Crippen LogP contribution < -0.4 is 10.6 Å². The number of benzene rings is 3. The maximum Gasteiger partial charge on any atom is 0.120 e. The predicted octanol–water partition coefficient (Wildman–Crippen LogP) is 5.33. The van der Waals surface area contributed by atoms with Gasteiger partial charge in [0.15, 0.2) is 0 Å². The number of phenols is 1. The summed E-state index contributed by atoms with van der Waals surface area (Å²) in [5.41, 5.74) is 5.27. The van der Waals surface area contributed by atoms with Crippen molar-refractivity contribution < 1.29 is 5.11 Å². The van der Waals surface area contributed by atoms with E-state index in [2.05, 4.69) is 47.9 Å². The molecule has 1 heterocycles. The average Bonchev–Trinajstić information content (AvgIpc) is 2.69. The molecule has 0 saturated heterocycles. The Morgan fingerprint density at radius 1 is 0.889 bits per heavy atom. The van der Waals surface area contributed by atoms with Crippen molar-refractivity contribution in [3.05, 3.63) is 106 Å². The highest BCUT2D eigenvalue weighted by molar-refractivity contribution is 6.30. The van der Waals surface area contributed by atoms with Gasteiger partial charge in [-0.2, -0.15) is 0 Å². The predicted molar refractivity (Wildman–Crippen MR) is 110 cm³/mol. The molecule has 0 saturated carbocycles. The molecule has 27 heavy (non-hydrogen) atoms. The van der Waals surface area contributed by atoms with Crippen molar-refractivity contribution in [1.29, 1.82) is 0 Å². The highest BCUT2D eigenvalue weighted by Crippen LogP contribution is 2.33. The largest absolute Gasteiger partial charge is 0.508 e. The van der Waals surface area contributed by atoms with Crippen LogP contribution in [0.15, 0.2) is 78.9 Å². The van der Waals surface area contributed by atoms with E-state index in [1.54, 1.807) is 6.07 Å². The molecule has 0 fully saturated rings. The minimum absolute atomic E-state index is 0.0779. The normalized spacial score (nSPS) is 19.3. The standard InChI is InChI=1S/C23H21ClN2O/c1-15-6-8-17(9-7-15)23-25-20(16-10-12-18(24)13-11-16)14-21(26-23)19-4-2-3-5-22(19)27/h2-14,21,23,25-27H,1H3. The summed E-state index contributed by atoms with van der Waals surface area (Å²) in [4.78, 5) is 0. The molecule has 0 amide bonds. The number of aryl methyl sites for hydroxylation is 1. The van der Waals surface area contributed by atoms with E-state index in [9.17, 15) is 5.11 Å². The van der Waals surface area contributed by atoms with Gasteiger partial charge >= 0.3 is 0 Å². The molecule has 0 radical (unpaired) electrons. The van der Waals surface area contributed by atoms with Crippen LogP contribution in [0.2, 0.25) is 5.02 Å². The quantitative estimate of drug-likeness (QED) is 0.579. The van der Waals surface area contributed by atoms with E-state index in [0.29, 0.717) is 5.02 Å². The van der Waals surface area contributed by atoms with E-state index in [0.717, 1.165) is 22.4 Å². The molecule has 136 valence electrons. The molecule has 0 spiro atoms. The Bertz CT molecular complexity index is 964. The van der Waals surface area contributed by atoms with Crippen molar-refractivity contribution in [3.8, 4) is 5.75 Å². The van der Waals surface area contributed by atoms with Gasteiger partial charge in [-0.3, -0.25) is 5.32 Å². The summed E-state index contributed by atoms with van der Waals surface area (Å²) >= 11 is 6.05. The number of phenolic OH excluding ortho intramolecular Hbond substituents is 1. The number of nitrogens with one attached hydrogen (secondary N) is 2. The van der Waals surface area contributed by atoms with Crippen LogP contribution in [0.1, 0.15) is 34.5 Å². The van der Waals surface area contributed by atoms with Crippen LogP contribution in [-0.2, 0) is 0 Å².